The lowest BCUT2D eigenvalue weighted by Gasteiger charge is -2.47. The van der Waals surface area contributed by atoms with Crippen LogP contribution in [0.25, 0.3) is 0 Å². The molecule has 1 amide bonds. The van der Waals surface area contributed by atoms with Crippen molar-refractivity contribution in [3.63, 3.8) is 0 Å². The molecule has 4 heterocycles. The first-order chi connectivity index (χ1) is 13.2. The highest BCUT2D eigenvalue weighted by atomic mass is 16.5. The van der Waals surface area contributed by atoms with Gasteiger partial charge in [-0.05, 0) is 64.3 Å². The fourth-order valence-corrected chi connectivity index (χ4v) is 4.60. The van der Waals surface area contributed by atoms with Crippen molar-refractivity contribution in [3.8, 4) is 0 Å². The minimum atomic E-state index is -0.0204. The number of aromatic nitrogens is 1. The summed E-state index contributed by atoms with van der Waals surface area (Å²) in [6, 6.07) is 4.47. The maximum Gasteiger partial charge on any atom is 0.252 e. The molecule has 0 bridgehead atoms. The first kappa shape index (κ1) is 18.7. The number of rotatable bonds is 5. The smallest absolute Gasteiger partial charge is 0.252 e. The van der Waals surface area contributed by atoms with Crippen LogP contribution in [-0.2, 0) is 4.74 Å². The van der Waals surface area contributed by atoms with E-state index in [1.165, 1.54) is 32.2 Å². The molecule has 3 fully saturated rings. The lowest BCUT2D eigenvalue weighted by Crippen LogP contribution is -2.52. The van der Waals surface area contributed by atoms with Crippen LogP contribution in [0.4, 0.5) is 5.82 Å². The summed E-state index contributed by atoms with van der Waals surface area (Å²) in [7, 11) is 2.19. The monoisotopic (exact) mass is 372 g/mol. The molecule has 0 aliphatic carbocycles. The number of piperidine rings is 2. The molecule has 6 nitrogen and oxygen atoms in total. The van der Waals surface area contributed by atoms with Crippen molar-refractivity contribution >= 4 is 11.7 Å². The molecule has 1 aromatic rings. The van der Waals surface area contributed by atoms with E-state index in [4.69, 9.17) is 4.74 Å². The number of carbonyl (C=O) groups excluding carboxylic acids is 1. The Bertz CT molecular complexity index is 634. The number of anilines is 1. The van der Waals surface area contributed by atoms with Crippen LogP contribution < -0.4 is 10.2 Å². The van der Waals surface area contributed by atoms with Crippen LogP contribution in [0.15, 0.2) is 18.3 Å². The van der Waals surface area contributed by atoms with Gasteiger partial charge in [-0.3, -0.25) is 4.79 Å². The van der Waals surface area contributed by atoms with Crippen molar-refractivity contribution in [2.45, 2.75) is 56.6 Å². The summed E-state index contributed by atoms with van der Waals surface area (Å²) in [5.74, 6) is 0.942. The number of amides is 1. The Hall–Kier alpha value is -1.66. The molecule has 3 aliphatic heterocycles. The maximum atomic E-state index is 12.4. The standard InChI is InChI=1S/C21H32N4O2/c1-24-12-3-2-4-18(24)7-11-22-20(26)17-5-6-19(23-16-17)25-13-8-21(9-14-25)10-15-27-21/h5-6,16,18H,2-4,7-15H2,1H3,(H,22,26). The van der Waals surface area contributed by atoms with Gasteiger partial charge >= 0.3 is 0 Å². The van der Waals surface area contributed by atoms with Crippen LogP contribution in [0.5, 0.6) is 0 Å². The SMILES string of the molecule is CN1CCCCC1CCNC(=O)c1ccc(N2CCC3(CCO3)CC2)nc1. The van der Waals surface area contributed by atoms with Crippen LogP contribution in [0.1, 0.15) is 55.3 Å². The second-order valence-electron chi connectivity index (χ2n) is 8.35. The molecule has 0 saturated carbocycles. The third-order valence-corrected chi connectivity index (χ3v) is 6.66. The summed E-state index contributed by atoms with van der Waals surface area (Å²) in [5.41, 5.74) is 0.800. The molecule has 1 aromatic heterocycles. The van der Waals surface area contributed by atoms with Crippen molar-refractivity contribution in [2.24, 2.45) is 0 Å². The van der Waals surface area contributed by atoms with E-state index in [1.807, 2.05) is 12.1 Å². The predicted molar refractivity (Wildman–Crippen MR) is 106 cm³/mol. The molecule has 148 valence electrons. The number of nitrogens with zero attached hydrogens (tertiary/aromatic N) is 3. The predicted octanol–water partition coefficient (Wildman–Crippen LogP) is 2.45. The van der Waals surface area contributed by atoms with Gasteiger partial charge in [0.05, 0.1) is 17.8 Å². The van der Waals surface area contributed by atoms with Crippen molar-refractivity contribution in [2.75, 3.05) is 44.7 Å². The molecular weight excluding hydrogens is 340 g/mol. The van der Waals surface area contributed by atoms with Crippen LogP contribution in [0, 0.1) is 0 Å². The molecule has 1 spiro atoms. The Balaban J connectivity index is 1.24. The first-order valence-corrected chi connectivity index (χ1v) is 10.5. The Kier molecular flexibility index (Phi) is 5.64. The van der Waals surface area contributed by atoms with E-state index < -0.39 is 0 Å². The number of hydrogen-bond acceptors (Lipinski definition) is 5. The van der Waals surface area contributed by atoms with Gasteiger partial charge in [0.1, 0.15) is 5.82 Å². The largest absolute Gasteiger partial charge is 0.375 e. The molecule has 1 atom stereocenters. The molecular formula is C21H32N4O2. The summed E-state index contributed by atoms with van der Waals surface area (Å²) in [6.07, 6.45) is 9.92. The number of carbonyl (C=O) groups is 1. The zero-order valence-electron chi connectivity index (χ0n) is 16.5. The first-order valence-electron chi connectivity index (χ1n) is 10.5. The summed E-state index contributed by atoms with van der Waals surface area (Å²) in [6.45, 7) is 4.78. The number of ether oxygens (including phenoxy) is 1. The Morgan fingerprint density at radius 3 is 2.70 bits per heavy atom. The summed E-state index contributed by atoms with van der Waals surface area (Å²) in [5, 5.41) is 3.06. The van der Waals surface area contributed by atoms with E-state index in [0.717, 1.165) is 51.3 Å². The molecule has 1 unspecified atom stereocenters. The number of nitrogens with one attached hydrogen (secondary N) is 1. The molecule has 27 heavy (non-hydrogen) atoms. The van der Waals surface area contributed by atoms with E-state index in [2.05, 4.69) is 27.1 Å². The highest BCUT2D eigenvalue weighted by Gasteiger charge is 2.41. The van der Waals surface area contributed by atoms with E-state index in [0.29, 0.717) is 11.6 Å². The summed E-state index contributed by atoms with van der Waals surface area (Å²) in [4.78, 5) is 21.7. The van der Waals surface area contributed by atoms with Gasteiger partial charge in [-0.1, -0.05) is 6.42 Å². The van der Waals surface area contributed by atoms with Gasteiger partial charge in [-0.2, -0.15) is 0 Å². The zero-order chi connectivity index (χ0) is 18.7. The molecule has 1 N–H and O–H groups in total. The van der Waals surface area contributed by atoms with Gasteiger partial charge in [0, 0.05) is 31.9 Å². The van der Waals surface area contributed by atoms with Crippen LogP contribution in [0.2, 0.25) is 0 Å². The zero-order valence-corrected chi connectivity index (χ0v) is 16.5. The van der Waals surface area contributed by atoms with Crippen LogP contribution in [-0.4, -0.2) is 67.3 Å². The second-order valence-corrected chi connectivity index (χ2v) is 8.35. The van der Waals surface area contributed by atoms with Crippen LogP contribution in [0.3, 0.4) is 0 Å². The van der Waals surface area contributed by atoms with Crippen molar-refractivity contribution in [3.05, 3.63) is 23.9 Å². The average molecular weight is 373 g/mol. The van der Waals surface area contributed by atoms with Gasteiger partial charge < -0.3 is 19.9 Å². The normalized spacial score (nSPS) is 25.2. The Morgan fingerprint density at radius 2 is 2.07 bits per heavy atom. The van der Waals surface area contributed by atoms with Gasteiger partial charge in [-0.25, -0.2) is 4.98 Å². The maximum absolute atomic E-state index is 12.4. The average Bonchev–Trinajstić information content (AvgIpc) is 2.68. The number of hydrogen-bond donors (Lipinski definition) is 1. The van der Waals surface area contributed by atoms with Gasteiger partial charge in [0.2, 0.25) is 0 Å². The molecule has 0 radical (unpaired) electrons. The second kappa shape index (κ2) is 8.15. The van der Waals surface area contributed by atoms with Gasteiger partial charge in [0.25, 0.3) is 5.91 Å². The fourth-order valence-electron chi connectivity index (χ4n) is 4.60. The highest BCUT2D eigenvalue weighted by molar-refractivity contribution is 5.94. The van der Waals surface area contributed by atoms with Crippen molar-refractivity contribution in [1.29, 1.82) is 0 Å². The van der Waals surface area contributed by atoms with Gasteiger partial charge in [-0.15, -0.1) is 0 Å². The lowest BCUT2D eigenvalue weighted by atomic mass is 9.84. The Labute approximate surface area is 162 Å². The van der Waals surface area contributed by atoms with Crippen LogP contribution >= 0.6 is 0 Å². The molecule has 6 heteroatoms. The topological polar surface area (TPSA) is 57.7 Å². The molecule has 3 aliphatic rings. The minimum absolute atomic E-state index is 0.0204. The quantitative estimate of drug-likeness (QED) is 0.860. The van der Waals surface area contributed by atoms with Gasteiger partial charge in [0.15, 0.2) is 0 Å². The van der Waals surface area contributed by atoms with E-state index in [9.17, 15) is 4.79 Å². The van der Waals surface area contributed by atoms with E-state index in [1.54, 1.807) is 6.20 Å². The Morgan fingerprint density at radius 1 is 1.26 bits per heavy atom. The lowest BCUT2D eigenvalue weighted by molar-refractivity contribution is -0.158. The van der Waals surface area contributed by atoms with E-state index in [-0.39, 0.29) is 11.5 Å². The number of likely N-dealkylation sites (tertiary alicyclic amines) is 1. The van der Waals surface area contributed by atoms with E-state index >= 15 is 0 Å². The molecule has 3 saturated heterocycles. The third kappa shape index (κ3) is 4.27. The minimum Gasteiger partial charge on any atom is -0.375 e. The third-order valence-electron chi connectivity index (χ3n) is 6.66. The molecule has 4 rings (SSSR count). The highest BCUT2D eigenvalue weighted by Crippen LogP contribution is 2.37. The summed E-state index contributed by atoms with van der Waals surface area (Å²) >= 11 is 0. The van der Waals surface area contributed by atoms with Crippen molar-refractivity contribution < 1.29 is 9.53 Å². The summed E-state index contributed by atoms with van der Waals surface area (Å²) < 4.78 is 5.78. The van der Waals surface area contributed by atoms with Crippen molar-refractivity contribution in [1.82, 2.24) is 15.2 Å². The number of pyridine rings is 1. The fraction of sp³-hybridized carbons (Fsp3) is 0.714. The molecule has 0 aromatic carbocycles.